The minimum absolute atomic E-state index is 0.197. The molecule has 0 fully saturated rings. The first-order valence-electron chi connectivity index (χ1n) is 8.12. The van der Waals surface area contributed by atoms with Crippen molar-refractivity contribution in [1.82, 2.24) is 15.0 Å². The molecule has 1 heterocycles. The van der Waals surface area contributed by atoms with Crippen LogP contribution in [0.25, 0.3) is 11.0 Å². The minimum atomic E-state index is -0.309. The van der Waals surface area contributed by atoms with Crippen LogP contribution in [-0.2, 0) is 11.3 Å². The van der Waals surface area contributed by atoms with E-state index in [2.05, 4.69) is 20.9 Å². The number of carbonyl (C=O) groups is 2. The Kier molecular flexibility index (Phi) is 4.83. The lowest BCUT2D eigenvalue weighted by molar-refractivity contribution is -0.114. The van der Waals surface area contributed by atoms with Crippen molar-refractivity contribution in [2.45, 2.75) is 20.4 Å². The van der Waals surface area contributed by atoms with Crippen LogP contribution in [0, 0.1) is 0 Å². The van der Waals surface area contributed by atoms with Gasteiger partial charge in [0.2, 0.25) is 5.91 Å². The molecule has 3 aromatic rings. The summed E-state index contributed by atoms with van der Waals surface area (Å²) in [5.41, 5.74) is 3.00. The Labute approximate surface area is 150 Å². The molecule has 2 N–H and O–H groups in total. The van der Waals surface area contributed by atoms with Gasteiger partial charge in [0.05, 0.1) is 18.3 Å². The first-order chi connectivity index (χ1) is 12.5. The summed E-state index contributed by atoms with van der Waals surface area (Å²) in [6, 6.07) is 10.2. The minimum Gasteiger partial charge on any atom is -0.495 e. The van der Waals surface area contributed by atoms with Crippen molar-refractivity contribution in [3.8, 4) is 5.75 Å². The molecule has 26 heavy (non-hydrogen) atoms. The number of fused-ring (bicyclic) bond motifs is 1. The van der Waals surface area contributed by atoms with Gasteiger partial charge in [-0.25, -0.2) is 4.68 Å². The van der Waals surface area contributed by atoms with Gasteiger partial charge in [-0.3, -0.25) is 9.59 Å². The highest BCUT2D eigenvalue weighted by atomic mass is 16.5. The highest BCUT2D eigenvalue weighted by Gasteiger charge is 2.13. The molecule has 1 aromatic heterocycles. The maximum Gasteiger partial charge on any atom is 0.255 e. The van der Waals surface area contributed by atoms with Gasteiger partial charge >= 0.3 is 0 Å². The molecular weight excluding hydrogens is 334 g/mol. The molecule has 3 rings (SSSR count). The Hall–Kier alpha value is -3.42. The molecule has 134 valence electrons. The maximum absolute atomic E-state index is 12.6. The number of benzene rings is 2. The molecule has 0 bridgehead atoms. The third kappa shape index (κ3) is 3.49. The molecule has 0 spiro atoms. The van der Waals surface area contributed by atoms with E-state index in [-0.39, 0.29) is 11.8 Å². The first-order valence-corrected chi connectivity index (χ1v) is 8.12. The molecular formula is C18H19N5O3. The summed E-state index contributed by atoms with van der Waals surface area (Å²) < 4.78 is 7.04. The van der Waals surface area contributed by atoms with Gasteiger partial charge < -0.3 is 15.4 Å². The highest BCUT2D eigenvalue weighted by molar-refractivity contribution is 6.07. The number of amides is 2. The third-order valence-corrected chi connectivity index (χ3v) is 3.84. The Morgan fingerprint density at radius 2 is 1.96 bits per heavy atom. The van der Waals surface area contributed by atoms with Crippen molar-refractivity contribution < 1.29 is 14.3 Å². The van der Waals surface area contributed by atoms with Crippen LogP contribution in [0.3, 0.4) is 0 Å². The predicted octanol–water partition coefficient (Wildman–Crippen LogP) is 2.67. The molecule has 0 aliphatic carbocycles. The normalized spacial score (nSPS) is 10.6. The number of carbonyl (C=O) groups excluding carboxylic acids is 2. The second-order valence-electron chi connectivity index (χ2n) is 5.66. The molecule has 0 saturated heterocycles. The standard InChI is InChI=1S/C18H19N5O3/c1-4-23-16-7-5-12(9-14(16)21-22-23)18(25)20-15-10-13(19-11(2)24)6-8-17(15)26-3/h5-10H,4H2,1-3H3,(H,19,24)(H,20,25). The fourth-order valence-corrected chi connectivity index (χ4v) is 2.63. The quantitative estimate of drug-likeness (QED) is 0.735. The summed E-state index contributed by atoms with van der Waals surface area (Å²) in [5, 5.41) is 13.6. The number of nitrogens with zero attached hydrogens (tertiary/aromatic N) is 3. The van der Waals surface area contributed by atoms with Gasteiger partial charge in [-0.15, -0.1) is 5.10 Å². The van der Waals surface area contributed by atoms with Crippen LogP contribution in [0.1, 0.15) is 24.2 Å². The van der Waals surface area contributed by atoms with Crippen molar-refractivity contribution in [2.75, 3.05) is 17.7 Å². The third-order valence-electron chi connectivity index (χ3n) is 3.84. The predicted molar refractivity (Wildman–Crippen MR) is 98.5 cm³/mol. The Morgan fingerprint density at radius 3 is 2.65 bits per heavy atom. The fourth-order valence-electron chi connectivity index (χ4n) is 2.63. The SMILES string of the molecule is CCn1nnc2cc(C(=O)Nc3cc(NC(C)=O)ccc3OC)ccc21. The molecule has 0 aliphatic rings. The van der Waals surface area contributed by atoms with E-state index in [1.165, 1.54) is 14.0 Å². The van der Waals surface area contributed by atoms with Gasteiger partial charge in [-0.2, -0.15) is 0 Å². The Morgan fingerprint density at radius 1 is 1.15 bits per heavy atom. The van der Waals surface area contributed by atoms with Crippen LogP contribution >= 0.6 is 0 Å². The number of methoxy groups -OCH3 is 1. The Balaban J connectivity index is 1.88. The number of rotatable bonds is 5. The highest BCUT2D eigenvalue weighted by Crippen LogP contribution is 2.28. The molecule has 2 amide bonds. The lowest BCUT2D eigenvalue weighted by atomic mass is 10.1. The fraction of sp³-hybridized carbons (Fsp3) is 0.222. The summed E-state index contributed by atoms with van der Waals surface area (Å²) in [5.74, 6) is -0.0152. The second-order valence-corrected chi connectivity index (χ2v) is 5.66. The van der Waals surface area contributed by atoms with Gasteiger partial charge in [0.1, 0.15) is 11.3 Å². The lowest BCUT2D eigenvalue weighted by Crippen LogP contribution is -2.13. The van der Waals surface area contributed by atoms with Crippen LogP contribution in [-0.4, -0.2) is 33.9 Å². The summed E-state index contributed by atoms with van der Waals surface area (Å²) in [7, 11) is 1.51. The van der Waals surface area contributed by atoms with E-state index in [9.17, 15) is 9.59 Å². The molecule has 0 atom stereocenters. The van der Waals surface area contributed by atoms with E-state index in [0.717, 1.165) is 5.52 Å². The van der Waals surface area contributed by atoms with Gasteiger partial charge in [0.15, 0.2) is 0 Å². The van der Waals surface area contributed by atoms with E-state index in [0.29, 0.717) is 34.7 Å². The molecule has 0 radical (unpaired) electrons. The van der Waals surface area contributed by atoms with Crippen molar-refractivity contribution in [3.05, 3.63) is 42.0 Å². The summed E-state index contributed by atoms with van der Waals surface area (Å²) in [6.07, 6.45) is 0. The molecule has 2 aromatic carbocycles. The van der Waals surface area contributed by atoms with Crippen molar-refractivity contribution in [3.63, 3.8) is 0 Å². The second kappa shape index (κ2) is 7.22. The number of hydrogen-bond donors (Lipinski definition) is 2. The first kappa shape index (κ1) is 17.4. The van der Waals surface area contributed by atoms with E-state index in [1.807, 2.05) is 13.0 Å². The van der Waals surface area contributed by atoms with Gasteiger partial charge in [0, 0.05) is 24.7 Å². The smallest absolute Gasteiger partial charge is 0.255 e. The van der Waals surface area contributed by atoms with Crippen LogP contribution in [0.15, 0.2) is 36.4 Å². The van der Waals surface area contributed by atoms with E-state index in [4.69, 9.17) is 4.74 Å². The van der Waals surface area contributed by atoms with Crippen LogP contribution in [0.4, 0.5) is 11.4 Å². The van der Waals surface area contributed by atoms with E-state index < -0.39 is 0 Å². The molecule has 0 unspecified atom stereocenters. The maximum atomic E-state index is 12.6. The zero-order valence-corrected chi connectivity index (χ0v) is 14.7. The summed E-state index contributed by atoms with van der Waals surface area (Å²) in [6.45, 7) is 4.10. The van der Waals surface area contributed by atoms with Gasteiger partial charge in [-0.05, 0) is 43.3 Å². The number of aromatic nitrogens is 3. The zero-order valence-electron chi connectivity index (χ0n) is 14.7. The van der Waals surface area contributed by atoms with Crippen LogP contribution in [0.5, 0.6) is 5.75 Å². The zero-order chi connectivity index (χ0) is 18.7. The topological polar surface area (TPSA) is 98.1 Å². The average Bonchev–Trinajstić information content (AvgIpc) is 3.03. The number of ether oxygens (including phenoxy) is 1. The number of hydrogen-bond acceptors (Lipinski definition) is 5. The summed E-state index contributed by atoms with van der Waals surface area (Å²) in [4.78, 5) is 23.9. The number of nitrogens with one attached hydrogen (secondary N) is 2. The average molecular weight is 353 g/mol. The monoisotopic (exact) mass is 353 g/mol. The summed E-state index contributed by atoms with van der Waals surface area (Å²) >= 11 is 0. The molecule has 0 saturated carbocycles. The Bertz CT molecular complexity index is 980. The van der Waals surface area contributed by atoms with Gasteiger partial charge in [0.25, 0.3) is 5.91 Å². The van der Waals surface area contributed by atoms with Crippen LogP contribution in [0.2, 0.25) is 0 Å². The number of aryl methyl sites for hydroxylation is 1. The van der Waals surface area contributed by atoms with Crippen molar-refractivity contribution >= 4 is 34.2 Å². The molecule has 0 aliphatic heterocycles. The lowest BCUT2D eigenvalue weighted by Gasteiger charge is -2.12. The molecule has 8 nitrogen and oxygen atoms in total. The van der Waals surface area contributed by atoms with Crippen molar-refractivity contribution in [2.24, 2.45) is 0 Å². The largest absolute Gasteiger partial charge is 0.495 e. The molecule has 8 heteroatoms. The van der Waals surface area contributed by atoms with E-state index >= 15 is 0 Å². The van der Waals surface area contributed by atoms with Crippen molar-refractivity contribution in [1.29, 1.82) is 0 Å². The van der Waals surface area contributed by atoms with E-state index in [1.54, 1.807) is 35.0 Å². The van der Waals surface area contributed by atoms with Gasteiger partial charge in [-0.1, -0.05) is 5.21 Å². The van der Waals surface area contributed by atoms with Crippen LogP contribution < -0.4 is 15.4 Å². The number of anilines is 2.